The number of hydrogen-bond acceptors (Lipinski definition) is 2. The van der Waals surface area contributed by atoms with Gasteiger partial charge in [-0.05, 0) is 23.1 Å². The molecule has 0 radical (unpaired) electrons. The molecule has 0 fully saturated rings. The molecule has 0 aromatic heterocycles. The van der Waals surface area contributed by atoms with E-state index >= 15 is 0 Å². The maximum absolute atomic E-state index is 12.7. The second kappa shape index (κ2) is 7.00. The molecule has 3 heteroatoms. The molecule has 24 heavy (non-hydrogen) atoms. The summed E-state index contributed by atoms with van der Waals surface area (Å²) in [5.41, 5.74) is 3.11. The van der Waals surface area contributed by atoms with Crippen molar-refractivity contribution in [2.45, 2.75) is 40.0 Å². The van der Waals surface area contributed by atoms with Crippen LogP contribution in [-0.4, -0.2) is 11.7 Å². The van der Waals surface area contributed by atoms with Crippen LogP contribution >= 0.6 is 0 Å². The molecule has 0 aliphatic carbocycles. The first-order valence-electron chi connectivity index (χ1n) is 8.24. The maximum atomic E-state index is 12.7. The Hall–Kier alpha value is -2.42. The Morgan fingerprint density at radius 1 is 0.917 bits per heavy atom. The van der Waals surface area contributed by atoms with Gasteiger partial charge in [0.05, 0.1) is 0 Å². The topological polar surface area (TPSA) is 46.2 Å². The van der Waals surface area contributed by atoms with E-state index in [2.05, 4.69) is 26.1 Å². The molecular formula is C21H25NO2. The van der Waals surface area contributed by atoms with E-state index in [1.165, 1.54) is 5.56 Å². The van der Waals surface area contributed by atoms with Crippen molar-refractivity contribution in [3.8, 4) is 0 Å². The standard InChI is InChI=1S/C21H25NO2/c1-14(2)20(24)22-18-8-6-7-16(13-18)19(23)15-9-11-17(12-10-15)21(3,4)5/h6-14H,1-5H3,(H,22,24). The molecule has 2 aromatic carbocycles. The van der Waals surface area contributed by atoms with Crippen LogP contribution in [0.1, 0.15) is 56.1 Å². The molecule has 1 amide bonds. The molecule has 0 heterocycles. The summed E-state index contributed by atoms with van der Waals surface area (Å²) in [5, 5.41) is 2.83. The number of benzene rings is 2. The number of ketones is 1. The van der Waals surface area contributed by atoms with Gasteiger partial charge in [-0.2, -0.15) is 0 Å². The third-order valence-corrected chi connectivity index (χ3v) is 3.93. The smallest absolute Gasteiger partial charge is 0.226 e. The van der Waals surface area contributed by atoms with Crippen molar-refractivity contribution in [2.24, 2.45) is 5.92 Å². The summed E-state index contributed by atoms with van der Waals surface area (Å²) in [7, 11) is 0. The van der Waals surface area contributed by atoms with Crippen LogP contribution in [0, 0.1) is 5.92 Å². The van der Waals surface area contributed by atoms with Gasteiger partial charge in [-0.3, -0.25) is 9.59 Å². The first-order valence-corrected chi connectivity index (χ1v) is 8.24. The van der Waals surface area contributed by atoms with Gasteiger partial charge >= 0.3 is 0 Å². The summed E-state index contributed by atoms with van der Waals surface area (Å²) < 4.78 is 0. The normalized spacial score (nSPS) is 11.4. The highest BCUT2D eigenvalue weighted by atomic mass is 16.1. The van der Waals surface area contributed by atoms with Crippen LogP contribution in [0.4, 0.5) is 5.69 Å². The van der Waals surface area contributed by atoms with Crippen molar-refractivity contribution < 1.29 is 9.59 Å². The molecule has 126 valence electrons. The first kappa shape index (κ1) is 17.9. The number of hydrogen-bond donors (Lipinski definition) is 1. The number of anilines is 1. The van der Waals surface area contributed by atoms with Gasteiger partial charge in [0.15, 0.2) is 5.78 Å². The average molecular weight is 323 g/mol. The van der Waals surface area contributed by atoms with E-state index in [4.69, 9.17) is 0 Å². The van der Waals surface area contributed by atoms with E-state index in [0.717, 1.165) is 0 Å². The third-order valence-electron chi connectivity index (χ3n) is 3.93. The number of carbonyl (C=O) groups is 2. The van der Waals surface area contributed by atoms with Crippen LogP contribution in [0.15, 0.2) is 48.5 Å². The van der Waals surface area contributed by atoms with Crippen molar-refractivity contribution in [1.82, 2.24) is 0 Å². The lowest BCUT2D eigenvalue weighted by Gasteiger charge is -2.19. The van der Waals surface area contributed by atoms with Gasteiger partial charge in [-0.1, -0.05) is 71.0 Å². The fourth-order valence-electron chi connectivity index (χ4n) is 2.31. The Bertz CT molecular complexity index is 737. The summed E-state index contributed by atoms with van der Waals surface area (Å²) >= 11 is 0. The fourth-order valence-corrected chi connectivity index (χ4v) is 2.31. The van der Waals surface area contributed by atoms with Gasteiger partial charge in [0, 0.05) is 22.7 Å². The van der Waals surface area contributed by atoms with Gasteiger partial charge in [-0.25, -0.2) is 0 Å². The van der Waals surface area contributed by atoms with Crippen molar-refractivity contribution in [3.05, 3.63) is 65.2 Å². The Morgan fingerprint density at radius 3 is 2.08 bits per heavy atom. The van der Waals surface area contributed by atoms with Crippen LogP contribution in [-0.2, 0) is 10.2 Å². The molecule has 0 bridgehead atoms. The second-order valence-corrected chi connectivity index (χ2v) is 7.38. The van der Waals surface area contributed by atoms with E-state index < -0.39 is 0 Å². The molecule has 0 aliphatic rings. The Morgan fingerprint density at radius 2 is 1.54 bits per heavy atom. The van der Waals surface area contributed by atoms with E-state index in [0.29, 0.717) is 16.8 Å². The summed E-state index contributed by atoms with van der Waals surface area (Å²) in [4.78, 5) is 24.5. The van der Waals surface area contributed by atoms with E-state index in [9.17, 15) is 9.59 Å². The van der Waals surface area contributed by atoms with Crippen molar-refractivity contribution in [2.75, 3.05) is 5.32 Å². The van der Waals surface area contributed by atoms with Crippen LogP contribution in [0.5, 0.6) is 0 Å². The Labute approximate surface area is 144 Å². The second-order valence-electron chi connectivity index (χ2n) is 7.38. The zero-order chi connectivity index (χ0) is 17.9. The molecule has 2 aromatic rings. The summed E-state index contributed by atoms with van der Waals surface area (Å²) in [6.07, 6.45) is 0. The van der Waals surface area contributed by atoms with Gasteiger partial charge in [-0.15, -0.1) is 0 Å². The molecule has 0 unspecified atom stereocenters. The number of carbonyl (C=O) groups excluding carboxylic acids is 2. The van der Waals surface area contributed by atoms with Crippen molar-refractivity contribution in [3.63, 3.8) is 0 Å². The van der Waals surface area contributed by atoms with Gasteiger partial charge in [0.2, 0.25) is 5.91 Å². The van der Waals surface area contributed by atoms with Crippen molar-refractivity contribution in [1.29, 1.82) is 0 Å². The van der Waals surface area contributed by atoms with Crippen molar-refractivity contribution >= 4 is 17.4 Å². The van der Waals surface area contributed by atoms with E-state index in [1.807, 2.05) is 38.1 Å². The van der Waals surface area contributed by atoms with E-state index in [-0.39, 0.29) is 23.0 Å². The Kier molecular flexibility index (Phi) is 5.23. The lowest BCUT2D eigenvalue weighted by atomic mass is 9.86. The first-order chi connectivity index (χ1) is 11.2. The number of nitrogens with one attached hydrogen (secondary N) is 1. The number of rotatable bonds is 4. The maximum Gasteiger partial charge on any atom is 0.226 e. The minimum atomic E-state index is -0.102. The number of amides is 1. The molecule has 1 N–H and O–H groups in total. The summed E-state index contributed by atoms with van der Waals surface area (Å²) in [5.74, 6) is -0.209. The van der Waals surface area contributed by atoms with Crippen LogP contribution in [0.3, 0.4) is 0 Å². The van der Waals surface area contributed by atoms with E-state index in [1.54, 1.807) is 24.3 Å². The fraction of sp³-hybridized carbons (Fsp3) is 0.333. The molecule has 3 nitrogen and oxygen atoms in total. The highest BCUT2D eigenvalue weighted by Gasteiger charge is 2.15. The average Bonchev–Trinajstić information content (AvgIpc) is 2.53. The largest absolute Gasteiger partial charge is 0.326 e. The third kappa shape index (κ3) is 4.31. The minimum absolute atomic E-state index is 0.0453. The minimum Gasteiger partial charge on any atom is -0.326 e. The molecule has 0 saturated carbocycles. The molecule has 2 rings (SSSR count). The zero-order valence-corrected chi connectivity index (χ0v) is 15.0. The predicted octanol–water partition coefficient (Wildman–Crippen LogP) is 4.81. The lowest BCUT2D eigenvalue weighted by molar-refractivity contribution is -0.118. The Balaban J connectivity index is 2.22. The SMILES string of the molecule is CC(C)C(=O)Nc1cccc(C(=O)c2ccc(C(C)(C)C)cc2)c1. The summed E-state index contributed by atoms with van der Waals surface area (Å²) in [6, 6.07) is 14.8. The van der Waals surface area contributed by atoms with Crippen LogP contribution < -0.4 is 5.32 Å². The highest BCUT2D eigenvalue weighted by Crippen LogP contribution is 2.23. The highest BCUT2D eigenvalue weighted by molar-refractivity contribution is 6.09. The molecule has 0 aliphatic heterocycles. The summed E-state index contributed by atoms with van der Waals surface area (Å²) in [6.45, 7) is 10.1. The monoisotopic (exact) mass is 323 g/mol. The lowest BCUT2D eigenvalue weighted by Crippen LogP contribution is -2.18. The molecule has 0 spiro atoms. The van der Waals surface area contributed by atoms with Gasteiger partial charge in [0.1, 0.15) is 0 Å². The quantitative estimate of drug-likeness (QED) is 0.821. The molecule has 0 atom stereocenters. The predicted molar refractivity (Wildman–Crippen MR) is 98.5 cm³/mol. The molecule has 0 saturated heterocycles. The zero-order valence-electron chi connectivity index (χ0n) is 15.0. The van der Waals surface area contributed by atoms with Gasteiger partial charge < -0.3 is 5.32 Å². The molecular weight excluding hydrogens is 298 g/mol. The van der Waals surface area contributed by atoms with Crippen LogP contribution in [0.25, 0.3) is 0 Å². The van der Waals surface area contributed by atoms with Gasteiger partial charge in [0.25, 0.3) is 0 Å². The van der Waals surface area contributed by atoms with Crippen LogP contribution in [0.2, 0.25) is 0 Å².